The van der Waals surface area contributed by atoms with Crippen LogP contribution in [0.4, 0.5) is 5.69 Å². The summed E-state index contributed by atoms with van der Waals surface area (Å²) in [5.41, 5.74) is 3.05. The Labute approximate surface area is 138 Å². The third-order valence-electron chi connectivity index (χ3n) is 3.79. The predicted octanol–water partition coefficient (Wildman–Crippen LogP) is 3.15. The normalized spacial score (nSPS) is 13.8. The number of hydrogen-bond acceptors (Lipinski definition) is 5. The number of aromatic nitrogens is 3. The largest absolute Gasteiger partial charge is 0.388 e. The zero-order valence-electron chi connectivity index (χ0n) is 12.4. The lowest BCUT2D eigenvalue weighted by Crippen LogP contribution is -2.16. The van der Waals surface area contributed by atoms with Crippen molar-refractivity contribution in [2.75, 3.05) is 11.1 Å². The van der Waals surface area contributed by atoms with Gasteiger partial charge in [0.1, 0.15) is 6.67 Å². The van der Waals surface area contributed by atoms with Crippen molar-refractivity contribution in [2.45, 2.75) is 17.9 Å². The molecule has 6 heteroatoms. The number of hydrogen-bond donors (Lipinski definition) is 2. The Morgan fingerprint density at radius 2 is 1.91 bits per heavy atom. The first-order valence-electron chi connectivity index (χ1n) is 7.45. The van der Waals surface area contributed by atoms with Crippen molar-refractivity contribution in [1.29, 1.82) is 0 Å². The minimum absolute atomic E-state index is 0.521. The van der Waals surface area contributed by atoms with Gasteiger partial charge in [-0.1, -0.05) is 54.2 Å². The second-order valence-corrected chi connectivity index (χ2v) is 6.32. The van der Waals surface area contributed by atoms with E-state index in [-0.39, 0.29) is 0 Å². The van der Waals surface area contributed by atoms with Gasteiger partial charge in [0.15, 0.2) is 5.82 Å². The maximum absolute atomic E-state index is 10.2. The van der Waals surface area contributed by atoms with Gasteiger partial charge in [0, 0.05) is 17.0 Å². The van der Waals surface area contributed by atoms with E-state index in [0.29, 0.717) is 17.6 Å². The van der Waals surface area contributed by atoms with Gasteiger partial charge in [-0.25, -0.2) is 9.67 Å². The summed E-state index contributed by atoms with van der Waals surface area (Å²) in [7, 11) is 0. The molecule has 1 aromatic heterocycles. The van der Waals surface area contributed by atoms with Gasteiger partial charge >= 0.3 is 0 Å². The average molecular weight is 324 g/mol. The number of aliphatic hydroxyl groups excluding tert-OH is 1. The number of anilines is 1. The molecule has 0 aliphatic carbocycles. The first kappa shape index (κ1) is 14.3. The van der Waals surface area contributed by atoms with Crippen LogP contribution in [0.2, 0.25) is 0 Å². The fraction of sp³-hybridized carbons (Fsp3) is 0.176. The summed E-state index contributed by atoms with van der Waals surface area (Å²) in [6.45, 7) is 0.612. The molecular formula is C17H16N4OS. The average Bonchev–Trinajstić information content (AvgIpc) is 3.04. The second kappa shape index (κ2) is 6.06. The zero-order chi connectivity index (χ0) is 15.6. The summed E-state index contributed by atoms with van der Waals surface area (Å²) in [4.78, 5) is 4.62. The Hall–Kier alpha value is -2.31. The van der Waals surface area contributed by atoms with Crippen molar-refractivity contribution in [3.63, 3.8) is 0 Å². The first-order chi connectivity index (χ1) is 11.3. The number of thioether (sulfide) groups is 1. The van der Waals surface area contributed by atoms with Crippen LogP contribution >= 0.6 is 11.8 Å². The fourth-order valence-electron chi connectivity index (χ4n) is 2.61. The number of rotatable bonds is 4. The SMILES string of the molecule is O[C@H](CSc1nc2n(n1)CNc1ccccc1-2)c1ccccc1. The van der Waals surface area contributed by atoms with Crippen LogP contribution in [-0.2, 0) is 6.67 Å². The molecule has 0 unspecified atom stereocenters. The highest BCUT2D eigenvalue weighted by Gasteiger charge is 2.20. The molecule has 1 aliphatic heterocycles. The first-order valence-corrected chi connectivity index (χ1v) is 8.44. The molecule has 0 saturated carbocycles. The van der Waals surface area contributed by atoms with E-state index < -0.39 is 6.10 Å². The number of para-hydroxylation sites is 1. The summed E-state index contributed by atoms with van der Waals surface area (Å²) in [5, 5.41) is 18.8. The molecule has 0 fully saturated rings. The molecule has 23 heavy (non-hydrogen) atoms. The smallest absolute Gasteiger partial charge is 0.209 e. The summed E-state index contributed by atoms with van der Waals surface area (Å²) >= 11 is 1.47. The zero-order valence-corrected chi connectivity index (χ0v) is 13.2. The van der Waals surface area contributed by atoms with Gasteiger partial charge in [-0.2, -0.15) is 0 Å². The molecule has 4 rings (SSSR count). The van der Waals surface area contributed by atoms with E-state index >= 15 is 0 Å². The lowest BCUT2D eigenvalue weighted by atomic mass is 10.1. The molecule has 1 atom stereocenters. The van der Waals surface area contributed by atoms with E-state index in [4.69, 9.17) is 0 Å². The molecule has 2 N–H and O–H groups in total. The molecule has 0 amide bonds. The maximum Gasteiger partial charge on any atom is 0.209 e. The topological polar surface area (TPSA) is 63.0 Å². The number of fused-ring (bicyclic) bond motifs is 3. The van der Waals surface area contributed by atoms with Gasteiger partial charge < -0.3 is 10.4 Å². The van der Waals surface area contributed by atoms with Crippen molar-refractivity contribution < 1.29 is 5.11 Å². The molecule has 2 heterocycles. The molecule has 5 nitrogen and oxygen atoms in total. The van der Waals surface area contributed by atoms with Crippen LogP contribution in [0, 0.1) is 0 Å². The van der Waals surface area contributed by atoms with Crippen molar-refractivity contribution in [2.24, 2.45) is 0 Å². The Bertz CT molecular complexity index is 818. The highest BCUT2D eigenvalue weighted by atomic mass is 32.2. The monoisotopic (exact) mass is 324 g/mol. The van der Waals surface area contributed by atoms with E-state index in [1.54, 1.807) is 0 Å². The van der Waals surface area contributed by atoms with Crippen LogP contribution in [0.3, 0.4) is 0 Å². The van der Waals surface area contributed by atoms with E-state index in [1.165, 1.54) is 11.8 Å². The molecule has 0 saturated heterocycles. The molecule has 1 aliphatic rings. The van der Waals surface area contributed by atoms with Crippen LogP contribution in [0.5, 0.6) is 0 Å². The van der Waals surface area contributed by atoms with Gasteiger partial charge in [-0.15, -0.1) is 5.10 Å². The van der Waals surface area contributed by atoms with Crippen molar-refractivity contribution in [3.8, 4) is 11.4 Å². The van der Waals surface area contributed by atoms with E-state index in [2.05, 4.69) is 15.4 Å². The Morgan fingerprint density at radius 1 is 1.13 bits per heavy atom. The van der Waals surface area contributed by atoms with Crippen molar-refractivity contribution >= 4 is 17.4 Å². The van der Waals surface area contributed by atoms with Crippen LogP contribution < -0.4 is 5.32 Å². The summed E-state index contributed by atoms with van der Waals surface area (Å²) < 4.78 is 1.86. The maximum atomic E-state index is 10.2. The summed E-state index contributed by atoms with van der Waals surface area (Å²) in [6, 6.07) is 17.7. The number of benzene rings is 2. The van der Waals surface area contributed by atoms with Crippen LogP contribution in [0.25, 0.3) is 11.4 Å². The van der Waals surface area contributed by atoms with Gasteiger partial charge in [0.2, 0.25) is 5.16 Å². The number of nitrogens with one attached hydrogen (secondary N) is 1. The van der Waals surface area contributed by atoms with E-state index in [0.717, 1.165) is 22.6 Å². The standard InChI is InChI=1S/C17H16N4OS/c22-15(12-6-2-1-3-7-12)10-23-17-19-16-13-8-4-5-9-14(13)18-11-21(16)20-17/h1-9,15,18,22H,10-11H2/t15-/m1/s1. The Morgan fingerprint density at radius 3 is 2.78 bits per heavy atom. The minimum Gasteiger partial charge on any atom is -0.388 e. The van der Waals surface area contributed by atoms with Crippen LogP contribution in [0.1, 0.15) is 11.7 Å². The van der Waals surface area contributed by atoms with E-state index in [9.17, 15) is 5.11 Å². The van der Waals surface area contributed by atoms with Gasteiger partial charge in [0.25, 0.3) is 0 Å². The fourth-order valence-corrected chi connectivity index (χ4v) is 3.42. The Kier molecular flexibility index (Phi) is 3.77. The molecule has 2 aromatic carbocycles. The molecule has 116 valence electrons. The lowest BCUT2D eigenvalue weighted by molar-refractivity contribution is 0.204. The molecule has 0 radical (unpaired) electrons. The van der Waals surface area contributed by atoms with Gasteiger partial charge in [0.05, 0.1) is 6.10 Å². The minimum atomic E-state index is -0.521. The Balaban J connectivity index is 1.51. The highest BCUT2D eigenvalue weighted by Crippen LogP contribution is 2.32. The highest BCUT2D eigenvalue weighted by molar-refractivity contribution is 7.99. The number of nitrogens with zero attached hydrogens (tertiary/aromatic N) is 3. The lowest BCUT2D eigenvalue weighted by Gasteiger charge is -2.17. The summed E-state index contributed by atoms with van der Waals surface area (Å²) in [6.07, 6.45) is -0.521. The molecule has 0 bridgehead atoms. The molecule has 0 spiro atoms. The van der Waals surface area contributed by atoms with Crippen LogP contribution in [0.15, 0.2) is 59.8 Å². The quantitative estimate of drug-likeness (QED) is 0.722. The predicted molar refractivity (Wildman–Crippen MR) is 91.2 cm³/mol. The van der Waals surface area contributed by atoms with Gasteiger partial charge in [-0.05, 0) is 17.7 Å². The second-order valence-electron chi connectivity index (χ2n) is 5.34. The van der Waals surface area contributed by atoms with E-state index in [1.807, 2.05) is 59.3 Å². The number of aliphatic hydroxyl groups is 1. The van der Waals surface area contributed by atoms with Crippen molar-refractivity contribution in [1.82, 2.24) is 14.8 Å². The summed E-state index contributed by atoms with van der Waals surface area (Å²) in [5.74, 6) is 1.40. The third-order valence-corrected chi connectivity index (χ3v) is 4.71. The third kappa shape index (κ3) is 2.83. The molecular weight excluding hydrogens is 308 g/mol. The van der Waals surface area contributed by atoms with Crippen LogP contribution in [-0.4, -0.2) is 25.6 Å². The molecule has 3 aromatic rings. The van der Waals surface area contributed by atoms with Gasteiger partial charge in [-0.3, -0.25) is 0 Å². The van der Waals surface area contributed by atoms with Crippen molar-refractivity contribution in [3.05, 3.63) is 60.2 Å².